The Kier molecular flexibility index (Phi) is 4.85. The van der Waals surface area contributed by atoms with E-state index in [1.807, 2.05) is 10.9 Å². The largest absolute Gasteiger partial charge is 0.315 e. The smallest absolute Gasteiger partial charge is 0.277 e. The molecule has 0 saturated carbocycles. The predicted octanol–water partition coefficient (Wildman–Crippen LogP) is 2.36. The number of nitro groups is 1. The molecule has 1 saturated heterocycles. The van der Waals surface area contributed by atoms with Gasteiger partial charge in [0.1, 0.15) is 0 Å². The minimum Gasteiger partial charge on any atom is -0.315 e. The van der Waals surface area contributed by atoms with Gasteiger partial charge in [0.05, 0.1) is 16.7 Å². The van der Waals surface area contributed by atoms with Crippen molar-refractivity contribution >= 4 is 17.4 Å². The lowest BCUT2D eigenvalue weighted by Gasteiger charge is -2.22. The van der Waals surface area contributed by atoms with E-state index in [-0.39, 0.29) is 17.6 Å². The summed E-state index contributed by atoms with van der Waals surface area (Å²) in [5.41, 5.74) is 1.47. The van der Waals surface area contributed by atoms with Gasteiger partial charge in [-0.2, -0.15) is 10.2 Å². The van der Waals surface area contributed by atoms with Gasteiger partial charge in [-0.1, -0.05) is 12.1 Å². The molecule has 1 unspecified atom stereocenters. The number of benzene rings is 1. The molecule has 4 rings (SSSR count). The number of nitro benzene ring substituents is 1. The second-order valence-corrected chi connectivity index (χ2v) is 6.61. The van der Waals surface area contributed by atoms with Gasteiger partial charge in [0.2, 0.25) is 0 Å². The number of aromatic nitrogens is 4. The van der Waals surface area contributed by atoms with Gasteiger partial charge in [-0.15, -0.1) is 0 Å². The van der Waals surface area contributed by atoms with Gasteiger partial charge in [-0.25, -0.2) is 0 Å². The summed E-state index contributed by atoms with van der Waals surface area (Å²) in [5.74, 6) is -0.0417. The molecule has 0 aliphatic carbocycles. The first-order chi connectivity index (χ1) is 13.6. The summed E-state index contributed by atoms with van der Waals surface area (Å²) in [4.78, 5) is 22.9. The van der Waals surface area contributed by atoms with Crippen molar-refractivity contribution < 1.29 is 9.72 Å². The van der Waals surface area contributed by atoms with Crippen LogP contribution in [0.4, 0.5) is 11.5 Å². The predicted molar refractivity (Wildman–Crippen MR) is 102 cm³/mol. The number of piperidine rings is 1. The monoisotopic (exact) mass is 381 g/mol. The van der Waals surface area contributed by atoms with E-state index < -0.39 is 4.92 Å². The van der Waals surface area contributed by atoms with Crippen LogP contribution >= 0.6 is 0 Å². The summed E-state index contributed by atoms with van der Waals surface area (Å²) in [6, 6.07) is 9.74. The van der Waals surface area contributed by atoms with Crippen LogP contribution in [0.5, 0.6) is 0 Å². The van der Waals surface area contributed by atoms with Crippen LogP contribution < -0.4 is 10.6 Å². The molecule has 1 atom stereocenters. The first-order valence-electron chi connectivity index (χ1n) is 8.97. The van der Waals surface area contributed by atoms with Gasteiger partial charge < -0.3 is 10.6 Å². The highest BCUT2D eigenvalue weighted by atomic mass is 16.6. The van der Waals surface area contributed by atoms with Gasteiger partial charge >= 0.3 is 0 Å². The summed E-state index contributed by atoms with van der Waals surface area (Å²) < 4.78 is 1.82. The summed E-state index contributed by atoms with van der Waals surface area (Å²) in [5, 5.41) is 28.2. The first kappa shape index (κ1) is 17.9. The standard InChI is InChI=1S/C18H19N7O3/c26-18(15-6-8-24(23-15)14-5-2-7-19-11-14)20-17-10-16(21-22-17)12-3-1-4-13(9-12)25(27)28/h1,3-4,6,8-10,14,19H,2,5,7,11H2,(H2,20,21,22,26). The molecule has 10 nitrogen and oxygen atoms in total. The van der Waals surface area contributed by atoms with Gasteiger partial charge in [0.15, 0.2) is 11.5 Å². The van der Waals surface area contributed by atoms with Crippen molar-refractivity contribution in [2.75, 3.05) is 18.4 Å². The van der Waals surface area contributed by atoms with Crippen molar-refractivity contribution in [3.8, 4) is 11.3 Å². The molecule has 144 valence electrons. The van der Waals surface area contributed by atoms with Crippen LogP contribution in [0.3, 0.4) is 0 Å². The highest BCUT2D eigenvalue weighted by molar-refractivity contribution is 6.02. The van der Waals surface area contributed by atoms with Crippen LogP contribution in [0.2, 0.25) is 0 Å². The number of aromatic amines is 1. The quantitative estimate of drug-likeness (QED) is 0.459. The molecule has 1 aliphatic heterocycles. The Labute approximate surface area is 160 Å². The van der Waals surface area contributed by atoms with E-state index in [1.54, 1.807) is 24.3 Å². The van der Waals surface area contributed by atoms with Crippen LogP contribution in [-0.4, -0.2) is 43.9 Å². The lowest BCUT2D eigenvalue weighted by atomic mass is 10.1. The maximum Gasteiger partial charge on any atom is 0.277 e. The van der Waals surface area contributed by atoms with E-state index in [2.05, 4.69) is 25.9 Å². The summed E-state index contributed by atoms with van der Waals surface area (Å²) >= 11 is 0. The van der Waals surface area contributed by atoms with E-state index in [1.165, 1.54) is 12.1 Å². The number of non-ortho nitro benzene ring substituents is 1. The number of hydrogen-bond donors (Lipinski definition) is 3. The number of anilines is 1. The normalized spacial score (nSPS) is 16.6. The maximum atomic E-state index is 12.5. The summed E-state index contributed by atoms with van der Waals surface area (Å²) in [7, 11) is 0. The fourth-order valence-electron chi connectivity index (χ4n) is 3.22. The number of carbonyl (C=O) groups is 1. The molecule has 3 heterocycles. The molecule has 3 N–H and O–H groups in total. The number of amides is 1. The van der Waals surface area contributed by atoms with Crippen molar-refractivity contribution in [3.05, 3.63) is 58.4 Å². The van der Waals surface area contributed by atoms with Crippen molar-refractivity contribution in [1.82, 2.24) is 25.3 Å². The topological polar surface area (TPSA) is 131 Å². The van der Waals surface area contributed by atoms with Crippen LogP contribution in [0, 0.1) is 10.1 Å². The molecule has 28 heavy (non-hydrogen) atoms. The Morgan fingerprint density at radius 2 is 2.21 bits per heavy atom. The van der Waals surface area contributed by atoms with Crippen molar-refractivity contribution in [2.24, 2.45) is 0 Å². The Morgan fingerprint density at radius 3 is 3.00 bits per heavy atom. The number of carbonyl (C=O) groups excluding carboxylic acids is 1. The van der Waals surface area contributed by atoms with Crippen molar-refractivity contribution in [3.63, 3.8) is 0 Å². The van der Waals surface area contributed by atoms with E-state index in [9.17, 15) is 14.9 Å². The minimum absolute atomic E-state index is 0.0135. The number of H-pyrrole nitrogens is 1. The highest BCUT2D eigenvalue weighted by Gasteiger charge is 2.18. The third-order valence-electron chi connectivity index (χ3n) is 4.67. The molecule has 2 aromatic heterocycles. The molecule has 0 radical (unpaired) electrons. The van der Waals surface area contributed by atoms with Crippen molar-refractivity contribution in [2.45, 2.75) is 18.9 Å². The van der Waals surface area contributed by atoms with Crippen LogP contribution in [0.15, 0.2) is 42.6 Å². The van der Waals surface area contributed by atoms with Crippen LogP contribution in [0.1, 0.15) is 29.4 Å². The SMILES string of the molecule is O=C(Nc1cc(-c2cccc([N+](=O)[O-])c2)[nH]n1)c1ccn(C2CCCNC2)n1. The van der Waals surface area contributed by atoms with E-state index in [4.69, 9.17) is 0 Å². The van der Waals surface area contributed by atoms with E-state index in [0.717, 1.165) is 25.9 Å². The Balaban J connectivity index is 1.45. The zero-order valence-electron chi connectivity index (χ0n) is 15.0. The average molecular weight is 381 g/mol. The fraction of sp³-hybridized carbons (Fsp3) is 0.278. The molecule has 1 aliphatic rings. The van der Waals surface area contributed by atoms with Gasteiger partial charge in [-0.05, 0) is 25.5 Å². The molecular weight excluding hydrogens is 362 g/mol. The lowest BCUT2D eigenvalue weighted by Crippen LogP contribution is -2.32. The summed E-state index contributed by atoms with van der Waals surface area (Å²) in [6.07, 6.45) is 3.92. The number of nitrogens with zero attached hydrogens (tertiary/aromatic N) is 4. The molecule has 1 fully saturated rings. The zero-order valence-corrected chi connectivity index (χ0v) is 15.0. The Morgan fingerprint density at radius 1 is 1.32 bits per heavy atom. The lowest BCUT2D eigenvalue weighted by molar-refractivity contribution is -0.384. The fourth-order valence-corrected chi connectivity index (χ4v) is 3.22. The molecule has 1 aromatic carbocycles. The van der Waals surface area contributed by atoms with Crippen LogP contribution in [0.25, 0.3) is 11.3 Å². The van der Waals surface area contributed by atoms with Crippen LogP contribution in [-0.2, 0) is 0 Å². The average Bonchev–Trinajstić information content (AvgIpc) is 3.39. The molecule has 0 spiro atoms. The molecule has 1 amide bonds. The van der Waals surface area contributed by atoms with Crippen molar-refractivity contribution in [1.29, 1.82) is 0 Å². The van der Waals surface area contributed by atoms with E-state index >= 15 is 0 Å². The Hall–Kier alpha value is -3.53. The number of nitrogens with one attached hydrogen (secondary N) is 3. The molecule has 0 bridgehead atoms. The van der Waals surface area contributed by atoms with E-state index in [0.29, 0.717) is 22.8 Å². The maximum absolute atomic E-state index is 12.5. The third-order valence-corrected chi connectivity index (χ3v) is 4.67. The summed E-state index contributed by atoms with van der Waals surface area (Å²) in [6.45, 7) is 1.85. The zero-order chi connectivity index (χ0) is 19.5. The molecule has 10 heteroatoms. The number of rotatable bonds is 5. The second kappa shape index (κ2) is 7.61. The Bertz CT molecular complexity index is 1000. The van der Waals surface area contributed by atoms with Gasteiger partial charge in [0.25, 0.3) is 11.6 Å². The first-order valence-corrected chi connectivity index (χ1v) is 8.97. The number of hydrogen-bond acceptors (Lipinski definition) is 6. The third kappa shape index (κ3) is 3.76. The molecular formula is C18H19N7O3. The van der Waals surface area contributed by atoms with Gasteiger partial charge in [-0.3, -0.25) is 24.7 Å². The molecule has 3 aromatic rings. The highest BCUT2D eigenvalue weighted by Crippen LogP contribution is 2.24. The minimum atomic E-state index is -0.458. The second-order valence-electron chi connectivity index (χ2n) is 6.61. The van der Waals surface area contributed by atoms with Gasteiger partial charge in [0, 0.05) is 36.5 Å².